The second-order valence-corrected chi connectivity index (χ2v) is 1.50. The summed E-state index contributed by atoms with van der Waals surface area (Å²) in [5.41, 5.74) is 0. The predicted molar refractivity (Wildman–Crippen MR) is 25.6 cm³/mol. The standard InChI is InChI=1S/C2HBrO2S/c3-1-2-6(4)5/h(H,4,5)/p-1. The maximum Gasteiger partial charge on any atom is 0.0256 e. The van der Waals surface area contributed by atoms with Crippen LogP contribution in [0.1, 0.15) is 0 Å². The van der Waals surface area contributed by atoms with Crippen LogP contribution in [0.15, 0.2) is 0 Å². The zero-order valence-corrected chi connectivity index (χ0v) is 5.01. The summed E-state index contributed by atoms with van der Waals surface area (Å²) >= 11 is 0.372. The smallest absolute Gasteiger partial charge is 0.0256 e. The molecule has 0 amide bonds. The minimum absolute atomic E-state index is 1.79. The van der Waals surface area contributed by atoms with Gasteiger partial charge in [-0.05, 0) is 10.1 Å². The van der Waals surface area contributed by atoms with Gasteiger partial charge in [0, 0.05) is 27.0 Å². The first-order chi connectivity index (χ1) is 2.77. The van der Waals surface area contributed by atoms with Crippen LogP contribution in [0.4, 0.5) is 0 Å². The molecule has 0 aromatic carbocycles. The van der Waals surface area contributed by atoms with Crippen LogP contribution in [0, 0.1) is 10.1 Å². The van der Waals surface area contributed by atoms with Gasteiger partial charge in [0.2, 0.25) is 0 Å². The summed E-state index contributed by atoms with van der Waals surface area (Å²) in [5.74, 6) is 0. The molecule has 0 aliphatic carbocycles. The Morgan fingerprint density at radius 2 is 2.33 bits per heavy atom. The number of halogens is 1. The molecule has 0 saturated heterocycles. The fraction of sp³-hybridized carbons (Fsp3) is 0. The Morgan fingerprint density at radius 3 is 2.33 bits per heavy atom. The summed E-state index contributed by atoms with van der Waals surface area (Å²) < 4.78 is 18.8. The summed E-state index contributed by atoms with van der Waals surface area (Å²) in [6.07, 6.45) is 0. The van der Waals surface area contributed by atoms with E-state index < -0.39 is 11.1 Å². The van der Waals surface area contributed by atoms with Crippen molar-refractivity contribution in [1.82, 2.24) is 0 Å². The highest BCUT2D eigenvalue weighted by Gasteiger charge is 1.56. The molecule has 0 fully saturated rings. The molecule has 0 aromatic heterocycles. The third-order valence-corrected chi connectivity index (χ3v) is 0.851. The van der Waals surface area contributed by atoms with Crippen molar-refractivity contribution < 1.29 is 8.76 Å². The van der Waals surface area contributed by atoms with Crippen LogP contribution in [0.5, 0.6) is 0 Å². The van der Waals surface area contributed by atoms with Crippen molar-refractivity contribution in [3.8, 4) is 10.1 Å². The zero-order valence-electron chi connectivity index (χ0n) is 2.60. The van der Waals surface area contributed by atoms with Crippen LogP contribution >= 0.6 is 15.9 Å². The van der Waals surface area contributed by atoms with Gasteiger partial charge in [0.05, 0.1) is 0 Å². The second kappa shape index (κ2) is 3.34. The molecule has 0 spiro atoms. The van der Waals surface area contributed by atoms with Crippen molar-refractivity contribution in [2.75, 3.05) is 0 Å². The van der Waals surface area contributed by atoms with E-state index in [1.54, 1.807) is 5.25 Å². The molecule has 2 nitrogen and oxygen atoms in total. The average molecular weight is 168 g/mol. The molecule has 1 unspecified atom stereocenters. The van der Waals surface area contributed by atoms with E-state index in [-0.39, 0.29) is 0 Å². The van der Waals surface area contributed by atoms with E-state index in [2.05, 4.69) is 15.9 Å². The third-order valence-electron chi connectivity index (χ3n) is 0.122. The van der Waals surface area contributed by atoms with Gasteiger partial charge in [-0.1, -0.05) is 0 Å². The lowest BCUT2D eigenvalue weighted by atomic mass is 11.4. The van der Waals surface area contributed by atoms with Gasteiger partial charge in [-0.15, -0.1) is 0 Å². The molecule has 0 rings (SSSR count). The van der Waals surface area contributed by atoms with Crippen LogP contribution in [0.3, 0.4) is 0 Å². The van der Waals surface area contributed by atoms with Crippen LogP contribution in [0.2, 0.25) is 0 Å². The number of hydrogen-bond acceptors (Lipinski definition) is 2. The topological polar surface area (TPSA) is 40.1 Å². The van der Waals surface area contributed by atoms with Gasteiger partial charge in [0.15, 0.2) is 0 Å². The molecule has 0 aromatic rings. The second-order valence-electron chi connectivity index (χ2n) is 0.431. The Bertz CT molecular complexity index is 110. The van der Waals surface area contributed by atoms with Gasteiger partial charge in [-0.3, -0.25) is 4.21 Å². The summed E-state index contributed by atoms with van der Waals surface area (Å²) in [7, 11) is 0. The van der Waals surface area contributed by atoms with Gasteiger partial charge < -0.3 is 4.55 Å². The van der Waals surface area contributed by atoms with Crippen molar-refractivity contribution in [2.24, 2.45) is 0 Å². The first-order valence-corrected chi connectivity index (χ1v) is 2.84. The van der Waals surface area contributed by atoms with E-state index in [4.69, 9.17) is 0 Å². The Morgan fingerprint density at radius 1 is 1.83 bits per heavy atom. The van der Waals surface area contributed by atoms with E-state index in [1.807, 2.05) is 4.83 Å². The predicted octanol–water partition coefficient (Wildman–Crippen LogP) is 0.179. The van der Waals surface area contributed by atoms with Crippen molar-refractivity contribution >= 4 is 27.0 Å². The molecule has 34 valence electrons. The Balaban J connectivity index is 3.50. The third kappa shape index (κ3) is 4.15. The molecule has 0 bridgehead atoms. The lowest BCUT2D eigenvalue weighted by Crippen LogP contribution is -1.74. The van der Waals surface area contributed by atoms with Crippen LogP contribution in [-0.4, -0.2) is 8.76 Å². The van der Waals surface area contributed by atoms with Crippen LogP contribution in [-0.2, 0) is 11.1 Å². The van der Waals surface area contributed by atoms with E-state index in [0.717, 1.165) is 0 Å². The van der Waals surface area contributed by atoms with Gasteiger partial charge in [-0.2, -0.15) is 0 Å². The highest BCUT2D eigenvalue weighted by molar-refractivity contribution is 9.12. The summed E-state index contributed by atoms with van der Waals surface area (Å²) in [6.45, 7) is 0. The minimum Gasteiger partial charge on any atom is -0.762 e. The summed E-state index contributed by atoms with van der Waals surface area (Å²) in [6, 6.07) is 0. The monoisotopic (exact) mass is 167 g/mol. The van der Waals surface area contributed by atoms with Crippen molar-refractivity contribution in [3.05, 3.63) is 0 Å². The van der Waals surface area contributed by atoms with Gasteiger partial charge in [0.1, 0.15) is 0 Å². The molecule has 0 heterocycles. The molecule has 0 aliphatic heterocycles. The zero-order chi connectivity index (χ0) is 4.99. The SMILES string of the molecule is O=S([O-])C#CBr. The van der Waals surface area contributed by atoms with E-state index >= 15 is 0 Å². The number of hydrogen-bond donors (Lipinski definition) is 0. The molecule has 0 radical (unpaired) electrons. The van der Waals surface area contributed by atoms with E-state index in [1.165, 1.54) is 0 Å². The van der Waals surface area contributed by atoms with Crippen molar-refractivity contribution in [2.45, 2.75) is 0 Å². The maximum atomic E-state index is 9.40. The fourth-order valence-electron chi connectivity index (χ4n) is 0.0315. The fourth-order valence-corrected chi connectivity index (χ4v) is 0.491. The largest absolute Gasteiger partial charge is 0.762 e. The molecular formula is C2BrO2S-. The van der Waals surface area contributed by atoms with Crippen LogP contribution in [0.25, 0.3) is 0 Å². The van der Waals surface area contributed by atoms with Gasteiger partial charge >= 0.3 is 0 Å². The highest BCUT2D eigenvalue weighted by Crippen LogP contribution is 1.70. The lowest BCUT2D eigenvalue weighted by molar-refractivity contribution is 0.548. The van der Waals surface area contributed by atoms with Crippen molar-refractivity contribution in [3.63, 3.8) is 0 Å². The van der Waals surface area contributed by atoms with Gasteiger partial charge in [-0.25, -0.2) is 0 Å². The maximum absolute atomic E-state index is 9.40. The Kier molecular flexibility index (Phi) is 3.43. The molecule has 6 heavy (non-hydrogen) atoms. The number of rotatable bonds is 0. The Hall–Kier alpha value is 0.150. The highest BCUT2D eigenvalue weighted by atomic mass is 79.9. The Labute approximate surface area is 46.3 Å². The van der Waals surface area contributed by atoms with Crippen molar-refractivity contribution in [1.29, 1.82) is 0 Å². The average Bonchev–Trinajstić information content (AvgIpc) is 1.35. The molecule has 4 heteroatoms. The molecule has 1 atom stereocenters. The summed E-state index contributed by atoms with van der Waals surface area (Å²) in [5, 5.41) is 1.79. The lowest BCUT2D eigenvalue weighted by Gasteiger charge is -1.84. The first-order valence-electron chi connectivity index (χ1n) is 0.976. The minimum atomic E-state index is -2.22. The quantitative estimate of drug-likeness (QED) is 0.382. The normalized spacial score (nSPS) is 11.7. The summed E-state index contributed by atoms with van der Waals surface area (Å²) in [4.78, 5) is 2.02. The van der Waals surface area contributed by atoms with Crippen LogP contribution < -0.4 is 0 Å². The van der Waals surface area contributed by atoms with E-state index in [0.29, 0.717) is 0 Å². The molecular weight excluding hydrogens is 168 g/mol. The molecule has 0 aliphatic rings. The van der Waals surface area contributed by atoms with E-state index in [9.17, 15) is 8.76 Å². The molecule has 0 N–H and O–H groups in total. The molecule has 0 saturated carbocycles. The first kappa shape index (κ1) is 6.15. The van der Waals surface area contributed by atoms with Gasteiger partial charge in [0.25, 0.3) is 0 Å².